The second kappa shape index (κ2) is 12.6. The van der Waals surface area contributed by atoms with E-state index in [1.165, 1.54) is 43.5 Å². The van der Waals surface area contributed by atoms with E-state index in [9.17, 15) is 0 Å². The molecule has 7 aromatic carbocycles. The van der Waals surface area contributed by atoms with Crippen molar-refractivity contribution in [3.63, 3.8) is 0 Å². The van der Waals surface area contributed by atoms with Crippen LogP contribution in [0.25, 0.3) is 88.3 Å². The van der Waals surface area contributed by atoms with Crippen LogP contribution in [0.4, 0.5) is 0 Å². The van der Waals surface area contributed by atoms with Gasteiger partial charge >= 0.3 is 0 Å². The van der Waals surface area contributed by atoms with Gasteiger partial charge in [-0.05, 0) is 78.9 Å². The highest BCUT2D eigenvalue weighted by Crippen LogP contribution is 2.49. The Labute approximate surface area is 333 Å². The van der Waals surface area contributed by atoms with Gasteiger partial charge < -0.3 is 13.9 Å². The summed E-state index contributed by atoms with van der Waals surface area (Å²) in [5.74, 6) is 2.30. The van der Waals surface area contributed by atoms with Crippen LogP contribution in [0, 0.1) is 6.33 Å². The first kappa shape index (κ1) is 32.4. The molecular weight excluding hydrogens is 713 g/mol. The number of para-hydroxylation sites is 4. The van der Waals surface area contributed by atoms with Gasteiger partial charge in [0.1, 0.15) is 17.3 Å². The molecular formula is C51H34N6O. The van der Waals surface area contributed by atoms with Crippen molar-refractivity contribution in [3.8, 4) is 34.4 Å². The molecule has 0 fully saturated rings. The first-order chi connectivity index (χ1) is 28.7. The van der Waals surface area contributed by atoms with E-state index in [0.717, 1.165) is 56.3 Å². The highest BCUT2D eigenvalue weighted by Gasteiger charge is 2.28. The zero-order valence-electron chi connectivity index (χ0n) is 31.5. The molecule has 58 heavy (non-hydrogen) atoms. The first-order valence-corrected chi connectivity index (χ1v) is 19.4. The van der Waals surface area contributed by atoms with E-state index in [1.54, 1.807) is 0 Å². The average Bonchev–Trinajstić information content (AvgIpc) is 4.05. The number of aryl methyl sites for hydroxylation is 1. The summed E-state index contributed by atoms with van der Waals surface area (Å²) in [7, 11) is 2.20. The molecule has 0 N–H and O–H groups in total. The van der Waals surface area contributed by atoms with Crippen LogP contribution in [0.3, 0.4) is 0 Å². The number of imidazole rings is 1. The highest BCUT2D eigenvalue weighted by atomic mass is 16.5. The van der Waals surface area contributed by atoms with Crippen LogP contribution in [-0.2, 0) is 7.05 Å². The van der Waals surface area contributed by atoms with Crippen molar-refractivity contribution in [3.05, 3.63) is 195 Å². The molecule has 5 heterocycles. The Morgan fingerprint density at radius 1 is 0.517 bits per heavy atom. The maximum atomic E-state index is 6.73. The summed E-state index contributed by atoms with van der Waals surface area (Å²) in [5.41, 5.74) is 9.94. The van der Waals surface area contributed by atoms with E-state index in [-0.39, 0.29) is 0 Å². The molecule has 0 saturated heterocycles. The standard InChI is InChI=1S/C51H34N6O/c1-53-42-23-10-8-21-39(42)46-49(53)47-41-27-26-38(58-37-20-14-19-36(31-37)55-30-29-54(33-55)34-15-4-2-5-16-34)32-44(41)57(45-25-12-13-28-52-45)51(47)48-40-22-9-11-24-43(40)56(50(46)48)35-17-6-3-7-18-35/h2-32H,1H3. The molecule has 12 rings (SSSR count). The molecule has 0 bridgehead atoms. The zero-order chi connectivity index (χ0) is 38.3. The fourth-order valence-corrected chi connectivity index (χ4v) is 9.04. The van der Waals surface area contributed by atoms with Crippen molar-refractivity contribution in [2.75, 3.05) is 0 Å². The molecule has 12 aromatic rings. The van der Waals surface area contributed by atoms with E-state index < -0.39 is 0 Å². The van der Waals surface area contributed by atoms with Crippen molar-refractivity contribution >= 4 is 65.4 Å². The van der Waals surface area contributed by atoms with E-state index in [1.807, 2.05) is 70.2 Å². The largest absolute Gasteiger partial charge is 0.458 e. The topological polar surface area (TPSA) is 45.7 Å². The Bertz CT molecular complexity index is 3540. The van der Waals surface area contributed by atoms with Gasteiger partial charge in [-0.1, -0.05) is 84.9 Å². The second-order valence-electron chi connectivity index (χ2n) is 14.7. The van der Waals surface area contributed by atoms with E-state index in [4.69, 9.17) is 9.72 Å². The number of nitrogens with zero attached hydrogens (tertiary/aromatic N) is 6. The smallest absolute Gasteiger partial charge is 0.268 e. The number of ether oxygens (including phenoxy) is 1. The van der Waals surface area contributed by atoms with Crippen molar-refractivity contribution in [2.45, 2.75) is 0 Å². The van der Waals surface area contributed by atoms with E-state index in [0.29, 0.717) is 0 Å². The fourth-order valence-electron chi connectivity index (χ4n) is 9.04. The van der Waals surface area contributed by atoms with Gasteiger partial charge in [-0.2, -0.15) is 0 Å². The number of aromatic nitrogens is 6. The van der Waals surface area contributed by atoms with Crippen molar-refractivity contribution in [1.82, 2.24) is 23.3 Å². The van der Waals surface area contributed by atoms with Gasteiger partial charge in [0.05, 0.1) is 39.0 Å². The normalized spacial score (nSPS) is 11.9. The lowest BCUT2D eigenvalue weighted by atomic mass is 10.0. The van der Waals surface area contributed by atoms with Gasteiger partial charge in [0.2, 0.25) is 0 Å². The monoisotopic (exact) mass is 746 g/mol. The Morgan fingerprint density at radius 3 is 1.93 bits per heavy atom. The van der Waals surface area contributed by atoms with E-state index >= 15 is 0 Å². The number of fused-ring (bicyclic) bond motifs is 12. The SMILES string of the molecule is Cn1c2ccccc2c2c1c1c3ccc(Oc4cccc(-[n+]5[c-]n(-c6ccccc6)cc5)c4)cc3n(-c3ccccn3)c1c1c3ccccc3n(-c3ccccc3)c21. The lowest BCUT2D eigenvalue weighted by Gasteiger charge is -2.12. The Balaban J connectivity index is 1.14. The lowest BCUT2D eigenvalue weighted by molar-refractivity contribution is -0.599. The average molecular weight is 747 g/mol. The summed E-state index contributed by atoms with van der Waals surface area (Å²) in [6.45, 7) is 0. The van der Waals surface area contributed by atoms with E-state index in [2.05, 4.69) is 154 Å². The summed E-state index contributed by atoms with van der Waals surface area (Å²) in [6.07, 6.45) is 9.32. The minimum atomic E-state index is 0.732. The predicted octanol–water partition coefficient (Wildman–Crippen LogP) is 11.6. The maximum absolute atomic E-state index is 6.73. The van der Waals surface area contributed by atoms with Crippen LogP contribution in [0.15, 0.2) is 188 Å². The Morgan fingerprint density at radius 2 is 1.16 bits per heavy atom. The van der Waals surface area contributed by atoms with Crippen LogP contribution in [-0.4, -0.2) is 23.3 Å². The zero-order valence-corrected chi connectivity index (χ0v) is 31.5. The van der Waals surface area contributed by atoms with Crippen LogP contribution in [0.5, 0.6) is 11.5 Å². The van der Waals surface area contributed by atoms with Gasteiger partial charge in [-0.25, -0.2) is 4.98 Å². The molecule has 7 heteroatoms. The molecule has 0 spiro atoms. The molecule has 0 atom stereocenters. The van der Waals surface area contributed by atoms with Gasteiger partial charge in [-0.3, -0.25) is 13.7 Å². The maximum Gasteiger partial charge on any atom is 0.268 e. The summed E-state index contributed by atoms with van der Waals surface area (Å²) in [6, 6.07) is 59.2. The van der Waals surface area contributed by atoms with Gasteiger partial charge in [0.15, 0.2) is 0 Å². The van der Waals surface area contributed by atoms with Crippen LogP contribution in [0.1, 0.15) is 0 Å². The second-order valence-corrected chi connectivity index (χ2v) is 14.7. The lowest BCUT2D eigenvalue weighted by Crippen LogP contribution is -2.28. The van der Waals surface area contributed by atoms with Gasteiger partial charge in [0.25, 0.3) is 6.33 Å². The summed E-state index contributed by atoms with van der Waals surface area (Å²) >= 11 is 0. The number of rotatable bonds is 6. The minimum Gasteiger partial charge on any atom is -0.458 e. The number of pyridine rings is 1. The third-order valence-electron chi connectivity index (χ3n) is 11.5. The van der Waals surface area contributed by atoms with Crippen LogP contribution in [0.2, 0.25) is 0 Å². The van der Waals surface area contributed by atoms with Crippen molar-refractivity contribution in [2.24, 2.45) is 7.05 Å². The van der Waals surface area contributed by atoms with Gasteiger partial charge in [0, 0.05) is 75.2 Å². The molecule has 0 amide bonds. The molecule has 0 aliphatic carbocycles. The molecule has 0 aliphatic heterocycles. The molecule has 0 unspecified atom stereocenters. The van der Waals surface area contributed by atoms with Crippen molar-refractivity contribution < 1.29 is 9.30 Å². The van der Waals surface area contributed by atoms with Crippen molar-refractivity contribution in [1.29, 1.82) is 0 Å². The summed E-state index contributed by atoms with van der Waals surface area (Å²) in [5, 5.41) is 7.13. The molecule has 5 aromatic heterocycles. The van der Waals surface area contributed by atoms with Gasteiger partial charge in [-0.15, -0.1) is 0 Å². The highest BCUT2D eigenvalue weighted by molar-refractivity contribution is 6.40. The molecule has 0 aliphatic rings. The predicted molar refractivity (Wildman–Crippen MR) is 233 cm³/mol. The van der Waals surface area contributed by atoms with Crippen LogP contribution < -0.4 is 9.30 Å². The summed E-state index contributed by atoms with van der Waals surface area (Å²) in [4.78, 5) is 5.00. The third kappa shape index (κ3) is 4.74. The number of hydrogen-bond acceptors (Lipinski definition) is 2. The molecule has 0 saturated carbocycles. The first-order valence-electron chi connectivity index (χ1n) is 19.4. The quantitative estimate of drug-likeness (QED) is 0.126. The summed E-state index contributed by atoms with van der Waals surface area (Å²) < 4.78 is 17.9. The Kier molecular flexibility index (Phi) is 7.01. The van der Waals surface area contributed by atoms with Crippen LogP contribution >= 0.6 is 0 Å². The fraction of sp³-hybridized carbons (Fsp3) is 0.0196. The third-order valence-corrected chi connectivity index (χ3v) is 11.5. The molecule has 274 valence electrons. The Hall–Kier alpha value is -7.90. The molecule has 7 nitrogen and oxygen atoms in total. The number of benzene rings is 7. The molecule has 0 radical (unpaired) electrons. The number of hydrogen-bond donors (Lipinski definition) is 0. The minimum absolute atomic E-state index is 0.732.